The van der Waals surface area contributed by atoms with Crippen LogP contribution in [0.3, 0.4) is 0 Å². The molecule has 3 aromatic carbocycles. The Bertz CT molecular complexity index is 1450. The molecule has 3 aromatic rings. The summed E-state index contributed by atoms with van der Waals surface area (Å²) in [7, 11) is -4.30. The molecule has 0 bridgehead atoms. The number of halogens is 3. The van der Waals surface area contributed by atoms with Crippen molar-refractivity contribution in [3.8, 4) is 0 Å². The zero-order chi connectivity index (χ0) is 28.9. The second-order valence-corrected chi connectivity index (χ2v) is 12.0. The summed E-state index contributed by atoms with van der Waals surface area (Å²) in [6, 6.07) is 15.4. The fraction of sp³-hybridized carbons (Fsp3) is 0.310. The number of rotatable bonds is 10. The highest BCUT2D eigenvalue weighted by atomic mass is 35.5. The summed E-state index contributed by atoms with van der Waals surface area (Å²) in [6.07, 6.45) is 3.70. The molecule has 1 aliphatic carbocycles. The standard InChI is InChI=1S/C29H30ClF2N3O4S/c1-20(29(37)33-23-7-5-6-8-23)34(18-21-11-13-22(31)14-12-21)28(36)19-35(24-15-16-27(32)26(30)17-24)40(38,39)25-9-3-2-4-10-25/h2-4,9-17,20,23H,5-8,18-19H2,1H3,(H,33,37)/t20-/m1/s1. The van der Waals surface area contributed by atoms with Gasteiger partial charge in [0.05, 0.1) is 15.6 Å². The van der Waals surface area contributed by atoms with Gasteiger partial charge in [-0.05, 0) is 67.8 Å². The average Bonchev–Trinajstić information content (AvgIpc) is 3.46. The number of nitrogens with zero attached hydrogens (tertiary/aromatic N) is 2. The van der Waals surface area contributed by atoms with Gasteiger partial charge in [-0.25, -0.2) is 17.2 Å². The van der Waals surface area contributed by atoms with Gasteiger partial charge in [-0.2, -0.15) is 0 Å². The fourth-order valence-corrected chi connectivity index (χ4v) is 6.25. The molecule has 1 saturated carbocycles. The first-order valence-electron chi connectivity index (χ1n) is 12.9. The van der Waals surface area contributed by atoms with Crippen LogP contribution < -0.4 is 9.62 Å². The zero-order valence-corrected chi connectivity index (χ0v) is 23.5. The summed E-state index contributed by atoms with van der Waals surface area (Å²) in [6.45, 7) is 0.805. The van der Waals surface area contributed by atoms with Crippen LogP contribution in [-0.4, -0.2) is 43.8 Å². The molecule has 7 nitrogen and oxygen atoms in total. The molecular weight excluding hydrogens is 560 g/mol. The molecular formula is C29H30ClF2N3O4S. The molecule has 1 fully saturated rings. The Hall–Kier alpha value is -3.50. The Morgan fingerprint density at radius 2 is 1.65 bits per heavy atom. The van der Waals surface area contributed by atoms with Gasteiger partial charge in [0.25, 0.3) is 10.0 Å². The van der Waals surface area contributed by atoms with Gasteiger partial charge in [0, 0.05) is 12.6 Å². The molecule has 2 amide bonds. The van der Waals surface area contributed by atoms with Crippen LogP contribution in [0.1, 0.15) is 38.2 Å². The van der Waals surface area contributed by atoms with Gasteiger partial charge in [-0.15, -0.1) is 0 Å². The molecule has 0 unspecified atom stereocenters. The van der Waals surface area contributed by atoms with Gasteiger partial charge in [0.1, 0.15) is 24.2 Å². The minimum Gasteiger partial charge on any atom is -0.352 e. The number of hydrogen-bond donors (Lipinski definition) is 1. The number of nitrogens with one attached hydrogen (secondary N) is 1. The Morgan fingerprint density at radius 1 is 1.00 bits per heavy atom. The van der Waals surface area contributed by atoms with Crippen LogP contribution in [0.15, 0.2) is 77.7 Å². The summed E-state index contributed by atoms with van der Waals surface area (Å²) in [5.41, 5.74) is 0.533. The first-order chi connectivity index (χ1) is 19.1. The van der Waals surface area contributed by atoms with Crippen molar-refractivity contribution in [2.24, 2.45) is 0 Å². The number of hydrogen-bond acceptors (Lipinski definition) is 4. The van der Waals surface area contributed by atoms with E-state index in [4.69, 9.17) is 11.6 Å². The smallest absolute Gasteiger partial charge is 0.264 e. The number of amides is 2. The van der Waals surface area contributed by atoms with Gasteiger partial charge in [0.15, 0.2) is 0 Å². The molecule has 1 atom stereocenters. The lowest BCUT2D eigenvalue weighted by molar-refractivity contribution is -0.139. The molecule has 0 saturated heterocycles. The maximum Gasteiger partial charge on any atom is 0.264 e. The predicted molar refractivity (Wildman–Crippen MR) is 149 cm³/mol. The zero-order valence-electron chi connectivity index (χ0n) is 21.9. The van der Waals surface area contributed by atoms with Crippen LogP contribution >= 0.6 is 11.6 Å². The van der Waals surface area contributed by atoms with Gasteiger partial charge < -0.3 is 10.2 Å². The third-order valence-corrected chi connectivity index (χ3v) is 9.01. The molecule has 1 N–H and O–H groups in total. The van der Waals surface area contributed by atoms with E-state index in [1.807, 2.05) is 0 Å². The summed E-state index contributed by atoms with van der Waals surface area (Å²) in [5.74, 6) is -2.26. The lowest BCUT2D eigenvalue weighted by Crippen LogP contribution is -2.52. The number of sulfonamides is 1. The maximum atomic E-state index is 14.0. The quantitative estimate of drug-likeness (QED) is 0.348. The van der Waals surface area contributed by atoms with E-state index in [-0.39, 0.29) is 34.1 Å². The predicted octanol–water partition coefficient (Wildman–Crippen LogP) is 5.29. The largest absolute Gasteiger partial charge is 0.352 e. The van der Waals surface area contributed by atoms with Gasteiger partial charge in [-0.1, -0.05) is 54.8 Å². The third kappa shape index (κ3) is 6.98. The van der Waals surface area contributed by atoms with Crippen molar-refractivity contribution in [2.45, 2.75) is 56.1 Å². The molecule has 0 aliphatic heterocycles. The highest BCUT2D eigenvalue weighted by molar-refractivity contribution is 7.92. The highest BCUT2D eigenvalue weighted by Crippen LogP contribution is 2.28. The number of anilines is 1. The van der Waals surface area contributed by atoms with E-state index in [9.17, 15) is 26.8 Å². The summed E-state index contributed by atoms with van der Waals surface area (Å²) < 4.78 is 55.8. The number of benzene rings is 3. The van der Waals surface area contributed by atoms with E-state index < -0.39 is 40.2 Å². The normalized spacial score (nSPS) is 14.5. The van der Waals surface area contributed by atoms with Crippen molar-refractivity contribution in [3.05, 3.63) is 95.0 Å². The van der Waals surface area contributed by atoms with Gasteiger partial charge in [-0.3, -0.25) is 13.9 Å². The van der Waals surface area contributed by atoms with Crippen molar-refractivity contribution in [3.63, 3.8) is 0 Å². The first kappa shape index (κ1) is 29.5. The fourth-order valence-electron chi connectivity index (χ4n) is 4.65. The average molecular weight is 590 g/mol. The van der Waals surface area contributed by atoms with Crippen molar-refractivity contribution < 1.29 is 26.8 Å². The van der Waals surface area contributed by atoms with E-state index in [1.54, 1.807) is 25.1 Å². The van der Waals surface area contributed by atoms with Crippen LogP contribution in [-0.2, 0) is 26.2 Å². The first-order valence-corrected chi connectivity index (χ1v) is 14.7. The van der Waals surface area contributed by atoms with E-state index in [0.29, 0.717) is 5.56 Å². The summed E-state index contributed by atoms with van der Waals surface area (Å²) >= 11 is 5.97. The number of carbonyl (C=O) groups excluding carboxylic acids is 2. The maximum absolute atomic E-state index is 14.0. The Balaban J connectivity index is 1.69. The molecule has 0 aromatic heterocycles. The van der Waals surface area contributed by atoms with Crippen LogP contribution in [0.4, 0.5) is 14.5 Å². The van der Waals surface area contributed by atoms with Crippen LogP contribution in [0.2, 0.25) is 5.02 Å². The Morgan fingerprint density at radius 3 is 2.27 bits per heavy atom. The van der Waals surface area contributed by atoms with Crippen LogP contribution in [0.5, 0.6) is 0 Å². The topological polar surface area (TPSA) is 86.8 Å². The van der Waals surface area contributed by atoms with Crippen LogP contribution in [0, 0.1) is 11.6 Å². The van der Waals surface area contributed by atoms with Crippen molar-refractivity contribution >= 4 is 39.1 Å². The lowest BCUT2D eigenvalue weighted by Gasteiger charge is -2.32. The van der Waals surface area contributed by atoms with Crippen molar-refractivity contribution in [1.29, 1.82) is 0 Å². The molecule has 11 heteroatoms. The van der Waals surface area contributed by atoms with E-state index in [2.05, 4.69) is 5.32 Å². The highest BCUT2D eigenvalue weighted by Gasteiger charge is 2.33. The molecule has 0 spiro atoms. The SMILES string of the molecule is C[C@H](C(=O)NC1CCCC1)N(Cc1ccc(F)cc1)C(=O)CN(c1ccc(F)c(Cl)c1)S(=O)(=O)c1ccccc1. The summed E-state index contributed by atoms with van der Waals surface area (Å²) in [4.78, 5) is 28.2. The minimum atomic E-state index is -4.30. The lowest BCUT2D eigenvalue weighted by atomic mass is 10.1. The molecule has 1 aliphatic rings. The van der Waals surface area contributed by atoms with E-state index in [1.165, 1.54) is 47.4 Å². The number of carbonyl (C=O) groups is 2. The second-order valence-electron chi connectivity index (χ2n) is 9.74. The Labute approximate surface area is 237 Å². The molecule has 0 heterocycles. The second kappa shape index (κ2) is 12.8. The van der Waals surface area contributed by atoms with Crippen LogP contribution in [0.25, 0.3) is 0 Å². The molecule has 40 heavy (non-hydrogen) atoms. The van der Waals surface area contributed by atoms with Crippen molar-refractivity contribution in [1.82, 2.24) is 10.2 Å². The minimum absolute atomic E-state index is 0.00837. The molecule has 4 rings (SSSR count). The van der Waals surface area contributed by atoms with E-state index >= 15 is 0 Å². The molecule has 0 radical (unpaired) electrons. The molecule has 212 valence electrons. The van der Waals surface area contributed by atoms with Crippen molar-refractivity contribution in [2.75, 3.05) is 10.8 Å². The Kier molecular flexibility index (Phi) is 9.42. The van der Waals surface area contributed by atoms with E-state index in [0.717, 1.165) is 42.1 Å². The monoisotopic (exact) mass is 589 g/mol. The van der Waals surface area contributed by atoms with Gasteiger partial charge >= 0.3 is 0 Å². The third-order valence-electron chi connectivity index (χ3n) is 6.94. The summed E-state index contributed by atoms with van der Waals surface area (Å²) in [5, 5.41) is 2.67. The van der Waals surface area contributed by atoms with Gasteiger partial charge in [0.2, 0.25) is 11.8 Å².